The average molecular weight is 307 g/mol. The van der Waals surface area contributed by atoms with Gasteiger partial charge in [-0.15, -0.1) is 10.2 Å². The first-order valence-corrected chi connectivity index (χ1v) is 7.59. The first-order chi connectivity index (χ1) is 10.0. The molecule has 7 heteroatoms. The maximum absolute atomic E-state index is 10.7. The number of carbonyl (C=O) groups is 1. The molecule has 1 heterocycles. The Morgan fingerprint density at radius 1 is 1.38 bits per heavy atom. The number of benzene rings is 1. The number of aromatic nitrogens is 3. The molecule has 0 saturated carbocycles. The van der Waals surface area contributed by atoms with E-state index in [2.05, 4.69) is 10.2 Å². The highest BCUT2D eigenvalue weighted by atomic mass is 32.2. The fraction of sp³-hybridized carbons (Fsp3) is 0.357. The molecule has 0 aliphatic rings. The van der Waals surface area contributed by atoms with E-state index in [1.165, 1.54) is 0 Å². The second-order valence-corrected chi connectivity index (χ2v) is 5.58. The maximum Gasteiger partial charge on any atom is 0.313 e. The summed E-state index contributed by atoms with van der Waals surface area (Å²) in [6, 6.07) is 5.08. The summed E-state index contributed by atoms with van der Waals surface area (Å²) in [4.78, 5) is 10.7. The number of rotatable bonds is 6. The van der Waals surface area contributed by atoms with Crippen molar-refractivity contribution in [2.45, 2.75) is 32.0 Å². The summed E-state index contributed by atoms with van der Waals surface area (Å²) >= 11 is 1.16. The number of thioether (sulfide) groups is 1. The molecule has 0 fully saturated rings. The van der Waals surface area contributed by atoms with Gasteiger partial charge >= 0.3 is 5.97 Å². The summed E-state index contributed by atoms with van der Waals surface area (Å²) < 4.78 is 1.92. The lowest BCUT2D eigenvalue weighted by Crippen LogP contribution is -2.05. The van der Waals surface area contributed by atoms with E-state index in [1.54, 1.807) is 18.2 Å². The Morgan fingerprint density at radius 3 is 2.76 bits per heavy atom. The number of carboxylic acid groups (broad SMARTS) is 1. The fourth-order valence-electron chi connectivity index (χ4n) is 2.04. The number of nitrogens with zero attached hydrogens (tertiary/aromatic N) is 3. The van der Waals surface area contributed by atoms with Crippen LogP contribution in [0.4, 0.5) is 0 Å². The number of aryl methyl sites for hydroxylation is 1. The smallest absolute Gasteiger partial charge is 0.313 e. The first-order valence-electron chi connectivity index (χ1n) is 6.60. The third-order valence-corrected chi connectivity index (χ3v) is 3.89. The molecule has 0 saturated heterocycles. The van der Waals surface area contributed by atoms with E-state index in [4.69, 9.17) is 5.11 Å². The molecule has 0 radical (unpaired) electrons. The lowest BCUT2D eigenvalue weighted by atomic mass is 10.1. The molecule has 0 aliphatic carbocycles. The SMILES string of the molecule is CCCn1c(SCC(=O)O)nnc1-c1ccc(O)cc1C. The summed E-state index contributed by atoms with van der Waals surface area (Å²) in [7, 11) is 0. The molecule has 2 N–H and O–H groups in total. The number of hydrogen-bond acceptors (Lipinski definition) is 5. The van der Waals surface area contributed by atoms with Gasteiger partial charge in [0, 0.05) is 12.1 Å². The van der Waals surface area contributed by atoms with Gasteiger partial charge in [0.15, 0.2) is 11.0 Å². The molecule has 0 aliphatic heterocycles. The van der Waals surface area contributed by atoms with Gasteiger partial charge in [-0.1, -0.05) is 18.7 Å². The van der Waals surface area contributed by atoms with Crippen molar-refractivity contribution in [1.29, 1.82) is 0 Å². The molecule has 6 nitrogen and oxygen atoms in total. The van der Waals surface area contributed by atoms with E-state index in [1.807, 2.05) is 18.4 Å². The summed E-state index contributed by atoms with van der Waals surface area (Å²) in [5, 5.41) is 27.2. The Morgan fingerprint density at radius 2 is 2.14 bits per heavy atom. The highest BCUT2D eigenvalue weighted by Crippen LogP contribution is 2.28. The molecule has 0 atom stereocenters. The van der Waals surface area contributed by atoms with Crippen molar-refractivity contribution in [2.24, 2.45) is 0 Å². The molecule has 0 unspecified atom stereocenters. The summed E-state index contributed by atoms with van der Waals surface area (Å²) in [6.07, 6.45) is 0.892. The number of phenolic OH excluding ortho intramolecular Hbond substituents is 1. The highest BCUT2D eigenvalue weighted by Gasteiger charge is 2.16. The Balaban J connectivity index is 2.41. The van der Waals surface area contributed by atoms with Gasteiger partial charge in [-0.25, -0.2) is 0 Å². The lowest BCUT2D eigenvalue weighted by molar-refractivity contribution is -0.133. The van der Waals surface area contributed by atoms with Crippen LogP contribution in [0.5, 0.6) is 5.75 Å². The molecule has 1 aromatic carbocycles. The van der Waals surface area contributed by atoms with Gasteiger partial charge in [-0.05, 0) is 37.1 Å². The van der Waals surface area contributed by atoms with E-state index < -0.39 is 5.97 Å². The molecule has 21 heavy (non-hydrogen) atoms. The molecular formula is C14H17N3O3S. The Bertz CT molecular complexity index is 655. The first kappa shape index (κ1) is 15.4. The summed E-state index contributed by atoms with van der Waals surface area (Å²) in [5.74, 6) is -0.0231. The molecule has 0 bridgehead atoms. The second kappa shape index (κ2) is 6.62. The maximum atomic E-state index is 10.7. The van der Waals surface area contributed by atoms with Crippen molar-refractivity contribution in [3.8, 4) is 17.1 Å². The predicted molar refractivity (Wildman–Crippen MR) is 80.5 cm³/mol. The van der Waals surface area contributed by atoms with Crippen molar-refractivity contribution >= 4 is 17.7 Å². The summed E-state index contributed by atoms with van der Waals surface area (Å²) in [5.41, 5.74) is 1.78. The van der Waals surface area contributed by atoms with Gasteiger partial charge in [0.2, 0.25) is 0 Å². The number of hydrogen-bond donors (Lipinski definition) is 2. The van der Waals surface area contributed by atoms with Crippen LogP contribution in [-0.4, -0.2) is 36.7 Å². The number of aromatic hydroxyl groups is 1. The molecule has 2 rings (SSSR count). The quantitative estimate of drug-likeness (QED) is 0.797. The van der Waals surface area contributed by atoms with Crippen LogP contribution in [0.15, 0.2) is 23.4 Å². The van der Waals surface area contributed by atoms with E-state index >= 15 is 0 Å². The van der Waals surface area contributed by atoms with Gasteiger partial charge in [0.05, 0.1) is 5.75 Å². The van der Waals surface area contributed by atoms with Crippen LogP contribution in [-0.2, 0) is 11.3 Å². The molecule has 112 valence electrons. The Labute approximate surface area is 126 Å². The van der Waals surface area contributed by atoms with Crippen LogP contribution in [0.1, 0.15) is 18.9 Å². The van der Waals surface area contributed by atoms with Gasteiger partial charge in [-0.2, -0.15) is 0 Å². The summed E-state index contributed by atoms with van der Waals surface area (Å²) in [6.45, 7) is 4.65. The average Bonchev–Trinajstić information content (AvgIpc) is 2.80. The second-order valence-electron chi connectivity index (χ2n) is 4.64. The van der Waals surface area contributed by atoms with Crippen LogP contribution in [0.3, 0.4) is 0 Å². The highest BCUT2D eigenvalue weighted by molar-refractivity contribution is 7.99. The van der Waals surface area contributed by atoms with Crippen molar-refractivity contribution in [2.75, 3.05) is 5.75 Å². The minimum absolute atomic E-state index is 0.0452. The van der Waals surface area contributed by atoms with E-state index in [9.17, 15) is 9.90 Å². The predicted octanol–water partition coefficient (Wildman–Crippen LogP) is 2.55. The minimum Gasteiger partial charge on any atom is -0.508 e. The third-order valence-electron chi connectivity index (χ3n) is 2.94. The van der Waals surface area contributed by atoms with Crippen LogP contribution < -0.4 is 0 Å². The molecule has 1 aromatic heterocycles. The largest absolute Gasteiger partial charge is 0.508 e. The molecular weight excluding hydrogens is 290 g/mol. The van der Waals surface area contributed by atoms with Crippen molar-refractivity contribution in [3.63, 3.8) is 0 Å². The van der Waals surface area contributed by atoms with Crippen molar-refractivity contribution < 1.29 is 15.0 Å². The molecule has 0 spiro atoms. The molecule has 0 amide bonds. The van der Waals surface area contributed by atoms with Crippen LogP contribution in [0.2, 0.25) is 0 Å². The zero-order chi connectivity index (χ0) is 15.4. The zero-order valence-electron chi connectivity index (χ0n) is 11.9. The van der Waals surface area contributed by atoms with E-state index in [0.29, 0.717) is 17.5 Å². The number of carboxylic acids is 1. The fourth-order valence-corrected chi connectivity index (χ4v) is 2.73. The van der Waals surface area contributed by atoms with Crippen LogP contribution in [0.25, 0.3) is 11.4 Å². The topological polar surface area (TPSA) is 88.2 Å². The normalized spacial score (nSPS) is 10.8. The van der Waals surface area contributed by atoms with Gasteiger partial charge in [0.25, 0.3) is 0 Å². The number of phenols is 1. The van der Waals surface area contributed by atoms with Crippen LogP contribution >= 0.6 is 11.8 Å². The third kappa shape index (κ3) is 3.55. The van der Waals surface area contributed by atoms with E-state index in [0.717, 1.165) is 29.3 Å². The van der Waals surface area contributed by atoms with Gasteiger partial charge < -0.3 is 14.8 Å². The minimum atomic E-state index is -0.881. The van der Waals surface area contributed by atoms with E-state index in [-0.39, 0.29) is 11.5 Å². The zero-order valence-corrected chi connectivity index (χ0v) is 12.7. The number of aliphatic carboxylic acids is 1. The lowest BCUT2D eigenvalue weighted by Gasteiger charge is -2.10. The standard InChI is InChI=1S/C14H17N3O3S/c1-3-6-17-13(11-5-4-10(18)7-9(11)2)15-16-14(17)21-8-12(19)20/h4-5,7,18H,3,6,8H2,1-2H3,(H,19,20). The van der Waals surface area contributed by atoms with Crippen LogP contribution in [0, 0.1) is 6.92 Å². The monoisotopic (exact) mass is 307 g/mol. The van der Waals surface area contributed by atoms with Crippen molar-refractivity contribution in [1.82, 2.24) is 14.8 Å². The van der Waals surface area contributed by atoms with Crippen molar-refractivity contribution in [3.05, 3.63) is 23.8 Å². The van der Waals surface area contributed by atoms with Gasteiger partial charge in [-0.3, -0.25) is 4.79 Å². The Hall–Kier alpha value is -2.02. The Kier molecular flexibility index (Phi) is 4.85. The molecule has 2 aromatic rings. The van der Waals surface area contributed by atoms with Gasteiger partial charge in [0.1, 0.15) is 5.75 Å².